The fourth-order valence-corrected chi connectivity index (χ4v) is 0.386. The van der Waals surface area contributed by atoms with E-state index in [1.165, 1.54) is 0 Å². The SMILES string of the molecule is CCOC(=O)C(=O)O.CCOC(=O)C(=O)O. The van der Waals surface area contributed by atoms with Gasteiger partial charge in [0.1, 0.15) is 0 Å². The van der Waals surface area contributed by atoms with Gasteiger partial charge in [0.2, 0.25) is 0 Å². The molecule has 0 bridgehead atoms. The first-order chi connectivity index (χ1) is 7.36. The van der Waals surface area contributed by atoms with Crippen molar-refractivity contribution in [2.45, 2.75) is 13.8 Å². The van der Waals surface area contributed by atoms with Crippen molar-refractivity contribution in [2.24, 2.45) is 0 Å². The number of carbonyl (C=O) groups excluding carboxylic acids is 2. The van der Waals surface area contributed by atoms with Crippen molar-refractivity contribution >= 4 is 23.9 Å². The van der Waals surface area contributed by atoms with Crippen molar-refractivity contribution in [3.8, 4) is 0 Å². The largest absolute Gasteiger partial charge is 0.473 e. The van der Waals surface area contributed by atoms with Gasteiger partial charge in [0, 0.05) is 0 Å². The second-order valence-electron chi connectivity index (χ2n) is 2.05. The van der Waals surface area contributed by atoms with E-state index in [9.17, 15) is 19.2 Å². The van der Waals surface area contributed by atoms with E-state index in [4.69, 9.17) is 10.2 Å². The van der Waals surface area contributed by atoms with Gasteiger partial charge in [-0.3, -0.25) is 0 Å². The minimum atomic E-state index is -1.55. The molecule has 8 heteroatoms. The molecule has 0 saturated heterocycles. The molecule has 92 valence electrons. The standard InChI is InChI=1S/2C4H6O4/c2*1-2-8-4(7)3(5)6/h2*2H2,1H3,(H,5,6). The Labute approximate surface area is 90.8 Å². The Hall–Kier alpha value is -2.12. The van der Waals surface area contributed by atoms with E-state index in [-0.39, 0.29) is 13.2 Å². The number of esters is 2. The first kappa shape index (κ1) is 16.3. The van der Waals surface area contributed by atoms with Crippen molar-refractivity contribution in [1.82, 2.24) is 0 Å². The van der Waals surface area contributed by atoms with Crippen molar-refractivity contribution in [2.75, 3.05) is 13.2 Å². The van der Waals surface area contributed by atoms with Crippen molar-refractivity contribution < 1.29 is 38.9 Å². The number of carboxylic acid groups (broad SMARTS) is 2. The minimum Gasteiger partial charge on any atom is -0.473 e. The number of carbonyl (C=O) groups is 4. The van der Waals surface area contributed by atoms with Gasteiger partial charge in [0.15, 0.2) is 0 Å². The molecule has 0 atom stereocenters. The summed E-state index contributed by atoms with van der Waals surface area (Å²) in [5, 5.41) is 15.7. The van der Waals surface area contributed by atoms with Gasteiger partial charge in [0.25, 0.3) is 0 Å². The summed E-state index contributed by atoms with van der Waals surface area (Å²) in [4.78, 5) is 39.1. The van der Waals surface area contributed by atoms with E-state index < -0.39 is 23.9 Å². The third kappa shape index (κ3) is 9.96. The topological polar surface area (TPSA) is 127 Å². The maximum absolute atomic E-state index is 9.92. The zero-order chi connectivity index (χ0) is 13.1. The molecule has 2 N–H and O–H groups in total. The van der Waals surface area contributed by atoms with E-state index in [1.54, 1.807) is 13.8 Å². The monoisotopic (exact) mass is 236 g/mol. The van der Waals surface area contributed by atoms with Crippen molar-refractivity contribution in [1.29, 1.82) is 0 Å². The highest BCUT2D eigenvalue weighted by atomic mass is 16.6. The average Bonchev–Trinajstić information content (AvgIpc) is 2.19. The lowest BCUT2D eigenvalue weighted by Crippen LogP contribution is -2.15. The molecule has 0 heterocycles. The first-order valence-electron chi connectivity index (χ1n) is 4.16. The summed E-state index contributed by atoms with van der Waals surface area (Å²) in [7, 11) is 0. The van der Waals surface area contributed by atoms with E-state index in [2.05, 4.69) is 9.47 Å². The van der Waals surface area contributed by atoms with Crippen LogP contribution >= 0.6 is 0 Å². The number of carboxylic acids is 2. The van der Waals surface area contributed by atoms with Crippen LogP contribution in [-0.4, -0.2) is 47.3 Å². The molecule has 0 aromatic rings. The third-order valence-electron chi connectivity index (χ3n) is 0.900. The molecular weight excluding hydrogens is 224 g/mol. The van der Waals surface area contributed by atoms with Gasteiger partial charge in [0.05, 0.1) is 13.2 Å². The number of hydrogen-bond acceptors (Lipinski definition) is 6. The lowest BCUT2D eigenvalue weighted by Gasteiger charge is -1.91. The second-order valence-corrected chi connectivity index (χ2v) is 2.05. The van der Waals surface area contributed by atoms with Crippen LogP contribution in [0, 0.1) is 0 Å². The van der Waals surface area contributed by atoms with Gasteiger partial charge in [-0.1, -0.05) is 0 Å². The van der Waals surface area contributed by atoms with Crippen LogP contribution in [0.5, 0.6) is 0 Å². The summed E-state index contributed by atoms with van der Waals surface area (Å²) in [5.41, 5.74) is 0. The van der Waals surface area contributed by atoms with Crippen LogP contribution in [0.25, 0.3) is 0 Å². The summed E-state index contributed by atoms with van der Waals surface area (Å²) in [5.74, 6) is -5.50. The fourth-order valence-electron chi connectivity index (χ4n) is 0.386. The van der Waals surface area contributed by atoms with E-state index >= 15 is 0 Å². The molecule has 16 heavy (non-hydrogen) atoms. The zero-order valence-corrected chi connectivity index (χ0v) is 8.76. The summed E-state index contributed by atoms with van der Waals surface area (Å²) in [6, 6.07) is 0. The predicted octanol–water partition coefficient (Wildman–Crippen LogP) is -0.732. The van der Waals surface area contributed by atoms with Gasteiger partial charge >= 0.3 is 23.9 Å². The summed E-state index contributed by atoms with van der Waals surface area (Å²) < 4.78 is 8.13. The number of rotatable bonds is 2. The highest BCUT2D eigenvalue weighted by molar-refractivity contribution is 6.28. The highest BCUT2D eigenvalue weighted by Gasteiger charge is 2.10. The number of hydrogen-bond donors (Lipinski definition) is 2. The number of aliphatic carboxylic acids is 2. The van der Waals surface area contributed by atoms with Crippen molar-refractivity contribution in [3.63, 3.8) is 0 Å². The predicted molar refractivity (Wildman–Crippen MR) is 48.5 cm³/mol. The number of ether oxygens (including phenoxy) is 2. The van der Waals surface area contributed by atoms with Gasteiger partial charge in [-0.25, -0.2) is 19.2 Å². The van der Waals surface area contributed by atoms with E-state index in [0.717, 1.165) is 0 Å². The summed E-state index contributed by atoms with van der Waals surface area (Å²) in [6.45, 7) is 3.29. The lowest BCUT2D eigenvalue weighted by molar-refractivity contribution is -0.163. The van der Waals surface area contributed by atoms with Crippen LogP contribution in [0.3, 0.4) is 0 Å². The molecule has 0 spiro atoms. The molecular formula is C8H12O8. The Balaban J connectivity index is 0. The molecule has 0 aliphatic carbocycles. The van der Waals surface area contributed by atoms with Crippen molar-refractivity contribution in [3.05, 3.63) is 0 Å². The maximum Gasteiger partial charge on any atom is 0.417 e. The molecule has 8 nitrogen and oxygen atoms in total. The van der Waals surface area contributed by atoms with Gasteiger partial charge in [-0.15, -0.1) is 0 Å². The molecule has 0 saturated carbocycles. The molecule has 0 rings (SSSR count). The fraction of sp³-hybridized carbons (Fsp3) is 0.500. The smallest absolute Gasteiger partial charge is 0.417 e. The zero-order valence-electron chi connectivity index (χ0n) is 8.76. The Kier molecular flexibility index (Phi) is 9.62. The first-order valence-corrected chi connectivity index (χ1v) is 4.16. The molecule has 0 fully saturated rings. The molecule has 0 amide bonds. The van der Waals surface area contributed by atoms with Crippen LogP contribution in [0.1, 0.15) is 13.8 Å². The Morgan fingerprint density at radius 2 is 1.06 bits per heavy atom. The molecule has 0 aromatic carbocycles. The quantitative estimate of drug-likeness (QED) is 0.474. The molecule has 0 aromatic heterocycles. The van der Waals surface area contributed by atoms with E-state index in [0.29, 0.717) is 0 Å². The summed E-state index contributed by atoms with van der Waals surface area (Å²) in [6.07, 6.45) is 0. The third-order valence-corrected chi connectivity index (χ3v) is 0.900. The van der Waals surface area contributed by atoms with Gasteiger partial charge in [-0.2, -0.15) is 0 Å². The molecule has 0 unspecified atom stereocenters. The van der Waals surface area contributed by atoms with Crippen LogP contribution in [-0.2, 0) is 28.7 Å². The summed E-state index contributed by atoms with van der Waals surface area (Å²) >= 11 is 0. The lowest BCUT2D eigenvalue weighted by atomic mass is 10.7. The normalized spacial score (nSPS) is 8.12. The molecule has 0 aliphatic heterocycles. The maximum atomic E-state index is 9.92. The molecule has 0 radical (unpaired) electrons. The Morgan fingerprint density at radius 3 is 1.12 bits per heavy atom. The highest BCUT2D eigenvalue weighted by Crippen LogP contribution is 1.75. The average molecular weight is 236 g/mol. The van der Waals surface area contributed by atoms with Crippen LogP contribution in [0.4, 0.5) is 0 Å². The van der Waals surface area contributed by atoms with Crippen LogP contribution < -0.4 is 0 Å². The Bertz CT molecular complexity index is 241. The minimum absolute atomic E-state index is 0.102. The van der Waals surface area contributed by atoms with Crippen LogP contribution in [0.2, 0.25) is 0 Å². The van der Waals surface area contributed by atoms with Gasteiger partial charge < -0.3 is 19.7 Å². The molecule has 0 aliphatic rings. The van der Waals surface area contributed by atoms with E-state index in [1.807, 2.05) is 0 Å². The van der Waals surface area contributed by atoms with Crippen LogP contribution in [0.15, 0.2) is 0 Å². The Morgan fingerprint density at radius 1 is 0.812 bits per heavy atom. The second kappa shape index (κ2) is 9.44. The van der Waals surface area contributed by atoms with Gasteiger partial charge in [-0.05, 0) is 13.8 Å².